The van der Waals surface area contributed by atoms with E-state index in [-0.39, 0.29) is 0 Å². The molecule has 0 nitrogen and oxygen atoms in total. The topological polar surface area (TPSA) is 0 Å². The minimum Gasteiger partial charge on any atom is -0.0839 e. The fourth-order valence-electron chi connectivity index (χ4n) is 4.18. The van der Waals surface area contributed by atoms with Crippen molar-refractivity contribution in [3.63, 3.8) is 0 Å². The Bertz CT molecular complexity index is 637. The minimum atomic E-state index is 0.577. The molecule has 4 aliphatic rings. The summed E-state index contributed by atoms with van der Waals surface area (Å²) in [4.78, 5) is 0. The molecule has 4 rings (SSSR count). The van der Waals surface area contributed by atoms with E-state index in [1.54, 1.807) is 16.7 Å². The van der Waals surface area contributed by atoms with Gasteiger partial charge in [0, 0.05) is 21.3 Å². The van der Waals surface area contributed by atoms with Crippen LogP contribution in [0.15, 0.2) is 68.4 Å². The Balaban J connectivity index is 1.89. The molecule has 0 radical (unpaired) electrons. The molecule has 0 bridgehead atoms. The van der Waals surface area contributed by atoms with Crippen molar-refractivity contribution in [2.75, 3.05) is 0 Å². The molecule has 0 fully saturated rings. The van der Waals surface area contributed by atoms with Gasteiger partial charge >= 0.3 is 0 Å². The van der Waals surface area contributed by atoms with E-state index in [0.29, 0.717) is 17.8 Å². The lowest BCUT2D eigenvalue weighted by Gasteiger charge is -2.43. The van der Waals surface area contributed by atoms with Gasteiger partial charge in [0.15, 0.2) is 0 Å². The average Bonchev–Trinajstić information content (AvgIpc) is 2.47. The third-order valence-electron chi connectivity index (χ3n) is 5.09. The van der Waals surface area contributed by atoms with Crippen LogP contribution in [-0.4, -0.2) is 0 Å². The zero-order valence-corrected chi connectivity index (χ0v) is 13.9. The van der Waals surface area contributed by atoms with Crippen molar-refractivity contribution < 1.29 is 0 Å². The van der Waals surface area contributed by atoms with E-state index in [1.165, 1.54) is 28.4 Å². The van der Waals surface area contributed by atoms with Gasteiger partial charge in [-0.2, -0.15) is 0 Å². The maximum Gasteiger partial charge on any atom is 0.0132 e. The smallest absolute Gasteiger partial charge is 0.0132 e. The third kappa shape index (κ3) is 1.93. The lowest BCUT2D eigenvalue weighted by atomic mass is 9.61. The summed E-state index contributed by atoms with van der Waals surface area (Å²) < 4.78 is 1.39. The molecule has 3 unspecified atom stereocenters. The molecule has 4 aliphatic carbocycles. The summed E-state index contributed by atoms with van der Waals surface area (Å²) in [6, 6.07) is 0. The monoisotopic (exact) mass is 374 g/mol. The SMILES string of the molecule is CC1=CC=C2C(C1)C1=C(C=CCC1)C1C=C(I)C=CC21. The molecule has 0 aromatic heterocycles. The van der Waals surface area contributed by atoms with Crippen molar-refractivity contribution >= 4 is 22.6 Å². The van der Waals surface area contributed by atoms with Gasteiger partial charge in [-0.1, -0.05) is 59.3 Å². The predicted molar refractivity (Wildman–Crippen MR) is 93.6 cm³/mol. The van der Waals surface area contributed by atoms with Gasteiger partial charge in [0.25, 0.3) is 0 Å². The second-order valence-corrected chi connectivity index (χ2v) is 7.57. The van der Waals surface area contributed by atoms with Gasteiger partial charge in [-0.25, -0.2) is 0 Å². The Morgan fingerprint density at radius 1 is 1.15 bits per heavy atom. The Morgan fingerprint density at radius 2 is 2.05 bits per heavy atom. The van der Waals surface area contributed by atoms with E-state index in [9.17, 15) is 0 Å². The highest BCUT2D eigenvalue weighted by molar-refractivity contribution is 14.1. The second-order valence-electron chi connectivity index (χ2n) is 6.32. The van der Waals surface area contributed by atoms with E-state index in [2.05, 4.69) is 72.0 Å². The van der Waals surface area contributed by atoms with Gasteiger partial charge in [0.2, 0.25) is 0 Å². The molecule has 1 heteroatoms. The van der Waals surface area contributed by atoms with Gasteiger partial charge in [0.05, 0.1) is 0 Å². The van der Waals surface area contributed by atoms with Crippen LogP contribution in [0, 0.1) is 17.8 Å². The molecule has 0 spiro atoms. The number of hydrogen-bond donors (Lipinski definition) is 0. The molecule has 20 heavy (non-hydrogen) atoms. The van der Waals surface area contributed by atoms with Crippen molar-refractivity contribution in [1.82, 2.24) is 0 Å². The van der Waals surface area contributed by atoms with Crippen LogP contribution in [0.3, 0.4) is 0 Å². The zero-order valence-electron chi connectivity index (χ0n) is 11.8. The summed E-state index contributed by atoms with van der Waals surface area (Å²) in [7, 11) is 0. The van der Waals surface area contributed by atoms with Crippen LogP contribution >= 0.6 is 22.6 Å². The Kier molecular flexibility index (Phi) is 3.13. The van der Waals surface area contributed by atoms with Crippen molar-refractivity contribution in [3.8, 4) is 0 Å². The van der Waals surface area contributed by atoms with Crippen molar-refractivity contribution in [1.29, 1.82) is 0 Å². The van der Waals surface area contributed by atoms with Gasteiger partial charge in [-0.05, 0) is 54.4 Å². The van der Waals surface area contributed by atoms with Crippen LogP contribution in [-0.2, 0) is 0 Å². The van der Waals surface area contributed by atoms with Gasteiger partial charge in [0.1, 0.15) is 0 Å². The lowest BCUT2D eigenvalue weighted by Crippen LogP contribution is -2.31. The zero-order chi connectivity index (χ0) is 13.7. The number of fused-ring (bicyclic) bond motifs is 5. The van der Waals surface area contributed by atoms with E-state index in [0.717, 1.165) is 0 Å². The second kappa shape index (κ2) is 4.87. The molecule has 0 aromatic rings. The first-order valence-electron chi connectivity index (χ1n) is 7.56. The van der Waals surface area contributed by atoms with Gasteiger partial charge in [-0.15, -0.1) is 0 Å². The van der Waals surface area contributed by atoms with Gasteiger partial charge < -0.3 is 0 Å². The number of rotatable bonds is 0. The highest BCUT2D eigenvalue weighted by Gasteiger charge is 2.39. The molecule has 3 atom stereocenters. The van der Waals surface area contributed by atoms with Crippen molar-refractivity contribution in [2.45, 2.75) is 26.2 Å². The first-order valence-corrected chi connectivity index (χ1v) is 8.64. The number of allylic oxidation sites excluding steroid dienone is 12. The summed E-state index contributed by atoms with van der Waals surface area (Å²) in [6.07, 6.45) is 20.5. The average molecular weight is 374 g/mol. The van der Waals surface area contributed by atoms with E-state index >= 15 is 0 Å². The number of hydrogen-bond acceptors (Lipinski definition) is 0. The van der Waals surface area contributed by atoms with Crippen LogP contribution in [0.1, 0.15) is 26.2 Å². The largest absolute Gasteiger partial charge is 0.0839 e. The maximum absolute atomic E-state index is 2.47. The Hall–Kier alpha value is -0.830. The quantitative estimate of drug-likeness (QED) is 0.480. The fraction of sp³-hybridized carbons (Fsp3) is 0.368. The highest BCUT2D eigenvalue weighted by Crippen LogP contribution is 2.51. The third-order valence-corrected chi connectivity index (χ3v) is 5.81. The first-order chi connectivity index (χ1) is 9.74. The number of halogens is 1. The summed E-state index contributed by atoms with van der Waals surface area (Å²) >= 11 is 2.46. The summed E-state index contributed by atoms with van der Waals surface area (Å²) in [5, 5.41) is 0. The molecule has 0 aliphatic heterocycles. The molecular weight excluding hydrogens is 355 g/mol. The Morgan fingerprint density at radius 3 is 2.95 bits per heavy atom. The molecule has 0 heterocycles. The predicted octanol–water partition coefficient (Wildman–Crippen LogP) is 5.66. The molecule has 0 saturated carbocycles. The van der Waals surface area contributed by atoms with E-state index < -0.39 is 0 Å². The molecule has 0 amide bonds. The fourth-order valence-corrected chi connectivity index (χ4v) is 4.77. The molecule has 0 aromatic carbocycles. The Labute approximate surface area is 134 Å². The van der Waals surface area contributed by atoms with Crippen LogP contribution in [0.2, 0.25) is 0 Å². The van der Waals surface area contributed by atoms with E-state index in [1.807, 2.05) is 0 Å². The normalized spacial score (nSPS) is 34.7. The van der Waals surface area contributed by atoms with Crippen molar-refractivity contribution in [2.24, 2.45) is 17.8 Å². The molecule has 0 N–H and O–H groups in total. The minimum absolute atomic E-state index is 0.577. The molecular formula is C19H19I. The van der Waals surface area contributed by atoms with Gasteiger partial charge in [-0.3, -0.25) is 0 Å². The van der Waals surface area contributed by atoms with Crippen molar-refractivity contribution in [3.05, 3.63) is 68.4 Å². The highest BCUT2D eigenvalue weighted by atomic mass is 127. The van der Waals surface area contributed by atoms with E-state index in [4.69, 9.17) is 0 Å². The van der Waals surface area contributed by atoms with Crippen LogP contribution in [0.25, 0.3) is 0 Å². The summed E-state index contributed by atoms with van der Waals surface area (Å²) in [5.41, 5.74) is 6.54. The van der Waals surface area contributed by atoms with Crippen LogP contribution < -0.4 is 0 Å². The summed E-state index contributed by atoms with van der Waals surface area (Å²) in [6.45, 7) is 2.28. The lowest BCUT2D eigenvalue weighted by molar-refractivity contribution is 0.470. The molecule has 0 saturated heterocycles. The standard InChI is InChI=1S/C19H19I/c1-12-6-8-16-17-9-7-13(20)11-19(17)15-5-3-2-4-14(15)18(16)10-12/h3,5-9,11,17-19H,2,4,10H2,1H3. The van der Waals surface area contributed by atoms with Crippen LogP contribution in [0.4, 0.5) is 0 Å². The maximum atomic E-state index is 2.47. The van der Waals surface area contributed by atoms with Crippen LogP contribution in [0.5, 0.6) is 0 Å². The first kappa shape index (κ1) is 12.9. The summed E-state index contributed by atoms with van der Waals surface area (Å²) in [5.74, 6) is 1.84. The molecule has 102 valence electrons.